The van der Waals surface area contributed by atoms with Gasteiger partial charge in [0, 0.05) is 4.47 Å². The predicted octanol–water partition coefficient (Wildman–Crippen LogP) is 2.99. The van der Waals surface area contributed by atoms with E-state index in [1.165, 1.54) is 0 Å². The van der Waals surface area contributed by atoms with Gasteiger partial charge in [0.2, 0.25) is 0 Å². The van der Waals surface area contributed by atoms with Gasteiger partial charge in [-0.05, 0) is 24.6 Å². The zero-order chi connectivity index (χ0) is 9.84. The van der Waals surface area contributed by atoms with Gasteiger partial charge in [0.15, 0.2) is 6.29 Å². The van der Waals surface area contributed by atoms with Crippen LogP contribution < -0.4 is 4.74 Å². The van der Waals surface area contributed by atoms with Crippen LogP contribution in [0.3, 0.4) is 0 Å². The van der Waals surface area contributed by atoms with Crippen molar-refractivity contribution in [3.05, 3.63) is 27.2 Å². The number of hydrogen-bond donors (Lipinski definition) is 0. The molecule has 0 aliphatic rings. The Hall–Kier alpha value is -0.540. The minimum Gasteiger partial charge on any atom is -0.484 e. The minimum atomic E-state index is 0.0300. The Morgan fingerprint density at radius 2 is 2.31 bits per heavy atom. The molecule has 4 heteroatoms. The van der Waals surface area contributed by atoms with Gasteiger partial charge >= 0.3 is 0 Å². The summed E-state index contributed by atoms with van der Waals surface area (Å²) in [5.41, 5.74) is 0.904. The first-order chi connectivity index (χ1) is 6.15. The van der Waals surface area contributed by atoms with Crippen LogP contribution in [-0.4, -0.2) is 12.9 Å². The van der Waals surface area contributed by atoms with Gasteiger partial charge in [-0.1, -0.05) is 27.5 Å². The Labute approximate surface area is 90.0 Å². The topological polar surface area (TPSA) is 26.3 Å². The normalized spacial score (nSPS) is 9.77. The summed E-state index contributed by atoms with van der Waals surface area (Å²) in [6.07, 6.45) is 0.692. The van der Waals surface area contributed by atoms with Crippen LogP contribution in [0.1, 0.15) is 5.56 Å². The molecule has 0 heterocycles. The molecule has 1 rings (SSSR count). The molecule has 0 aliphatic carbocycles. The highest BCUT2D eigenvalue weighted by molar-refractivity contribution is 9.10. The van der Waals surface area contributed by atoms with Gasteiger partial charge in [-0.2, -0.15) is 0 Å². The summed E-state index contributed by atoms with van der Waals surface area (Å²) in [7, 11) is 0. The first-order valence-corrected chi connectivity index (χ1v) is 4.84. The second-order valence-corrected chi connectivity index (χ2v) is 3.83. The summed E-state index contributed by atoms with van der Waals surface area (Å²) >= 11 is 9.21. The van der Waals surface area contributed by atoms with E-state index in [1.54, 1.807) is 6.07 Å². The quantitative estimate of drug-likeness (QED) is 0.784. The van der Waals surface area contributed by atoms with Crippen LogP contribution in [0, 0.1) is 6.92 Å². The standard InChI is InChI=1S/C9H8BrClO2/c1-6-4-7(10)5-8(11)9(6)13-3-2-12/h2,4-5H,3H2,1H3. The molecule has 0 aromatic heterocycles. The number of carbonyl (C=O) groups excluding carboxylic acids is 1. The number of carbonyl (C=O) groups is 1. The fraction of sp³-hybridized carbons (Fsp3) is 0.222. The Morgan fingerprint density at radius 1 is 1.62 bits per heavy atom. The van der Waals surface area contributed by atoms with E-state index in [0.717, 1.165) is 10.0 Å². The van der Waals surface area contributed by atoms with Crippen molar-refractivity contribution in [3.8, 4) is 5.75 Å². The Morgan fingerprint density at radius 3 is 2.85 bits per heavy atom. The van der Waals surface area contributed by atoms with Crippen molar-refractivity contribution in [2.45, 2.75) is 6.92 Å². The molecule has 0 amide bonds. The molecule has 2 nitrogen and oxygen atoms in total. The zero-order valence-corrected chi connectivity index (χ0v) is 9.35. The van der Waals surface area contributed by atoms with Gasteiger partial charge in [-0.3, -0.25) is 4.79 Å². The van der Waals surface area contributed by atoms with Crippen LogP contribution in [0.15, 0.2) is 16.6 Å². The summed E-state index contributed by atoms with van der Waals surface area (Å²) < 4.78 is 6.05. The van der Waals surface area contributed by atoms with Crippen LogP contribution in [0.2, 0.25) is 5.02 Å². The highest BCUT2D eigenvalue weighted by Crippen LogP contribution is 2.31. The van der Waals surface area contributed by atoms with Gasteiger partial charge < -0.3 is 4.74 Å². The Kier molecular flexibility index (Phi) is 3.75. The highest BCUT2D eigenvalue weighted by atomic mass is 79.9. The number of benzene rings is 1. The Balaban J connectivity index is 2.98. The van der Waals surface area contributed by atoms with E-state index in [1.807, 2.05) is 13.0 Å². The maximum Gasteiger partial charge on any atom is 0.157 e. The van der Waals surface area contributed by atoms with Gasteiger partial charge in [0.25, 0.3) is 0 Å². The smallest absolute Gasteiger partial charge is 0.157 e. The average molecular weight is 264 g/mol. The number of hydrogen-bond acceptors (Lipinski definition) is 2. The van der Waals surface area contributed by atoms with Crippen molar-refractivity contribution in [2.24, 2.45) is 0 Å². The maximum atomic E-state index is 10.1. The van der Waals surface area contributed by atoms with Crippen LogP contribution >= 0.6 is 27.5 Å². The van der Waals surface area contributed by atoms with Crippen molar-refractivity contribution >= 4 is 33.8 Å². The van der Waals surface area contributed by atoms with Crippen molar-refractivity contribution in [3.63, 3.8) is 0 Å². The first-order valence-electron chi connectivity index (χ1n) is 3.67. The lowest BCUT2D eigenvalue weighted by Crippen LogP contribution is -1.99. The minimum absolute atomic E-state index is 0.0300. The largest absolute Gasteiger partial charge is 0.484 e. The molecule has 0 aliphatic heterocycles. The van der Waals surface area contributed by atoms with Crippen molar-refractivity contribution in [1.82, 2.24) is 0 Å². The molecule has 0 N–H and O–H groups in total. The van der Waals surface area contributed by atoms with Crippen LogP contribution in [-0.2, 0) is 4.79 Å². The molecule has 13 heavy (non-hydrogen) atoms. The summed E-state index contributed by atoms with van der Waals surface area (Å²) in [5, 5.41) is 0.508. The van der Waals surface area contributed by atoms with E-state index in [4.69, 9.17) is 16.3 Å². The van der Waals surface area contributed by atoms with Gasteiger partial charge in [0.05, 0.1) is 5.02 Å². The number of ether oxygens (including phenoxy) is 1. The second kappa shape index (κ2) is 4.63. The third kappa shape index (κ3) is 2.71. The molecule has 0 unspecified atom stereocenters. The van der Waals surface area contributed by atoms with Crippen LogP contribution in [0.4, 0.5) is 0 Å². The van der Waals surface area contributed by atoms with E-state index in [0.29, 0.717) is 17.1 Å². The molecule has 0 spiro atoms. The van der Waals surface area contributed by atoms with E-state index < -0.39 is 0 Å². The first kappa shape index (κ1) is 10.5. The lowest BCUT2D eigenvalue weighted by atomic mass is 10.2. The molecular weight excluding hydrogens is 255 g/mol. The van der Waals surface area contributed by atoms with Gasteiger partial charge in [-0.15, -0.1) is 0 Å². The average Bonchev–Trinajstić information content (AvgIpc) is 2.02. The summed E-state index contributed by atoms with van der Waals surface area (Å²) in [4.78, 5) is 10.1. The lowest BCUT2D eigenvalue weighted by Gasteiger charge is -2.08. The molecule has 1 aromatic rings. The van der Waals surface area contributed by atoms with Crippen LogP contribution in [0.25, 0.3) is 0 Å². The molecule has 0 fully saturated rings. The monoisotopic (exact) mass is 262 g/mol. The van der Waals surface area contributed by atoms with Gasteiger partial charge in [-0.25, -0.2) is 0 Å². The summed E-state index contributed by atoms with van der Waals surface area (Å²) in [6.45, 7) is 1.90. The summed E-state index contributed by atoms with van der Waals surface area (Å²) in [5.74, 6) is 0.567. The zero-order valence-electron chi connectivity index (χ0n) is 7.01. The van der Waals surface area contributed by atoms with Crippen molar-refractivity contribution in [1.29, 1.82) is 0 Å². The maximum absolute atomic E-state index is 10.1. The molecular formula is C9H8BrClO2. The molecule has 0 atom stereocenters. The molecule has 0 saturated carbocycles. The van der Waals surface area contributed by atoms with E-state index >= 15 is 0 Å². The molecule has 70 valence electrons. The van der Waals surface area contributed by atoms with E-state index in [-0.39, 0.29) is 6.61 Å². The SMILES string of the molecule is Cc1cc(Br)cc(Cl)c1OCC=O. The number of aldehydes is 1. The highest BCUT2D eigenvalue weighted by Gasteiger charge is 2.06. The molecule has 0 radical (unpaired) electrons. The fourth-order valence-electron chi connectivity index (χ4n) is 0.989. The molecule has 0 bridgehead atoms. The lowest BCUT2D eigenvalue weighted by molar-refractivity contribution is -0.109. The van der Waals surface area contributed by atoms with Crippen molar-refractivity contribution < 1.29 is 9.53 Å². The fourth-order valence-corrected chi connectivity index (χ4v) is 2.01. The van der Waals surface area contributed by atoms with Gasteiger partial charge in [0.1, 0.15) is 12.4 Å². The molecule has 1 aromatic carbocycles. The Bertz CT molecular complexity index is 302. The second-order valence-electron chi connectivity index (χ2n) is 2.51. The third-order valence-electron chi connectivity index (χ3n) is 1.49. The third-order valence-corrected chi connectivity index (χ3v) is 2.23. The van der Waals surface area contributed by atoms with E-state index in [2.05, 4.69) is 15.9 Å². The van der Waals surface area contributed by atoms with E-state index in [9.17, 15) is 4.79 Å². The summed E-state index contributed by atoms with van der Waals surface area (Å²) in [6, 6.07) is 3.61. The number of halogens is 2. The predicted molar refractivity (Wildman–Crippen MR) is 55.4 cm³/mol. The molecule has 0 saturated heterocycles. The number of aryl methyl sites for hydroxylation is 1. The van der Waals surface area contributed by atoms with Crippen molar-refractivity contribution in [2.75, 3.05) is 6.61 Å². The number of rotatable bonds is 3. The van der Waals surface area contributed by atoms with Crippen LogP contribution in [0.5, 0.6) is 5.75 Å².